The van der Waals surface area contributed by atoms with Gasteiger partial charge >= 0.3 is 6.03 Å². The number of hydrogen-bond acceptors (Lipinski definition) is 2. The maximum Gasteiger partial charge on any atom is 0.316 e. The van der Waals surface area contributed by atoms with Gasteiger partial charge in [-0.25, -0.2) is 4.79 Å². The van der Waals surface area contributed by atoms with Crippen LogP contribution in [0.3, 0.4) is 0 Å². The van der Waals surface area contributed by atoms with Crippen molar-refractivity contribution in [2.24, 2.45) is 11.7 Å². The molecule has 16 heavy (non-hydrogen) atoms. The lowest BCUT2D eigenvalue weighted by Crippen LogP contribution is -2.21. The highest BCUT2D eigenvalue weighted by Crippen LogP contribution is 2.26. The number of carbonyl (C=O) groups excluding carboxylic acids is 1. The van der Waals surface area contributed by atoms with Crippen LogP contribution in [0, 0.1) is 5.92 Å². The van der Waals surface area contributed by atoms with Crippen LogP contribution in [0.4, 0.5) is 16.2 Å². The van der Waals surface area contributed by atoms with Gasteiger partial charge in [-0.05, 0) is 37.0 Å². The number of anilines is 2. The first kappa shape index (κ1) is 10.8. The quantitative estimate of drug-likeness (QED) is 0.727. The molecule has 4 heteroatoms. The Labute approximate surface area is 95.2 Å². The van der Waals surface area contributed by atoms with Gasteiger partial charge in [0.05, 0.1) is 0 Å². The molecular formula is C12H17N3O. The third-order valence-electron chi connectivity index (χ3n) is 2.95. The van der Waals surface area contributed by atoms with E-state index < -0.39 is 6.03 Å². The first-order valence-corrected chi connectivity index (χ1v) is 5.64. The van der Waals surface area contributed by atoms with Crippen molar-refractivity contribution in [2.75, 3.05) is 17.2 Å². The zero-order chi connectivity index (χ0) is 11.4. The molecule has 0 unspecified atom stereocenters. The second-order valence-corrected chi connectivity index (χ2v) is 4.25. The van der Waals surface area contributed by atoms with E-state index in [9.17, 15) is 4.79 Å². The lowest BCUT2D eigenvalue weighted by molar-refractivity contribution is 0.259. The van der Waals surface area contributed by atoms with Gasteiger partial charge in [-0.15, -0.1) is 0 Å². The highest BCUT2D eigenvalue weighted by molar-refractivity contribution is 5.88. The number of urea groups is 1. The van der Waals surface area contributed by atoms with Crippen molar-refractivity contribution in [3.63, 3.8) is 0 Å². The van der Waals surface area contributed by atoms with Gasteiger partial charge in [-0.3, -0.25) is 0 Å². The summed E-state index contributed by atoms with van der Waals surface area (Å²) >= 11 is 0. The number of benzene rings is 1. The Balaban J connectivity index is 1.89. The first-order chi connectivity index (χ1) is 7.74. The molecule has 1 aliphatic carbocycles. The molecule has 2 amide bonds. The molecule has 1 saturated carbocycles. The Morgan fingerprint density at radius 2 is 2.12 bits per heavy atom. The largest absolute Gasteiger partial charge is 0.385 e. The average Bonchev–Trinajstić information content (AvgIpc) is 2.14. The van der Waals surface area contributed by atoms with Gasteiger partial charge in [0.25, 0.3) is 0 Å². The van der Waals surface area contributed by atoms with Gasteiger partial charge < -0.3 is 16.4 Å². The minimum absolute atomic E-state index is 0.531. The molecule has 1 aromatic carbocycles. The molecule has 0 spiro atoms. The predicted molar refractivity (Wildman–Crippen MR) is 65.5 cm³/mol. The number of nitrogens with one attached hydrogen (secondary N) is 2. The van der Waals surface area contributed by atoms with Gasteiger partial charge in [0.15, 0.2) is 0 Å². The van der Waals surface area contributed by atoms with Crippen LogP contribution in [0.25, 0.3) is 0 Å². The number of amides is 2. The van der Waals surface area contributed by atoms with Crippen molar-refractivity contribution in [3.8, 4) is 0 Å². The molecular weight excluding hydrogens is 202 g/mol. The van der Waals surface area contributed by atoms with Crippen molar-refractivity contribution in [1.29, 1.82) is 0 Å². The zero-order valence-electron chi connectivity index (χ0n) is 9.20. The van der Waals surface area contributed by atoms with E-state index in [1.54, 1.807) is 0 Å². The van der Waals surface area contributed by atoms with Crippen molar-refractivity contribution in [1.82, 2.24) is 0 Å². The van der Waals surface area contributed by atoms with Crippen molar-refractivity contribution >= 4 is 17.4 Å². The predicted octanol–water partition coefficient (Wildman–Crippen LogP) is 2.39. The van der Waals surface area contributed by atoms with Crippen LogP contribution in [0.2, 0.25) is 0 Å². The first-order valence-electron chi connectivity index (χ1n) is 5.64. The molecule has 0 aliphatic heterocycles. The minimum atomic E-state index is -0.531. The van der Waals surface area contributed by atoms with Crippen LogP contribution in [0.1, 0.15) is 19.3 Å². The summed E-state index contributed by atoms with van der Waals surface area (Å²) in [4.78, 5) is 10.7. The average molecular weight is 219 g/mol. The monoisotopic (exact) mass is 219 g/mol. The summed E-state index contributed by atoms with van der Waals surface area (Å²) in [5, 5.41) is 5.93. The Morgan fingerprint density at radius 3 is 2.75 bits per heavy atom. The number of carbonyl (C=O) groups is 1. The van der Waals surface area contributed by atoms with E-state index in [1.165, 1.54) is 19.3 Å². The second-order valence-electron chi connectivity index (χ2n) is 4.25. The fraction of sp³-hybridized carbons (Fsp3) is 0.417. The summed E-state index contributed by atoms with van der Waals surface area (Å²) in [6, 6.07) is 7.07. The fourth-order valence-electron chi connectivity index (χ4n) is 1.81. The van der Waals surface area contributed by atoms with Gasteiger partial charge in [0.2, 0.25) is 0 Å². The number of hydrogen-bond donors (Lipinski definition) is 3. The standard InChI is InChI=1S/C12H17N3O/c13-12(16)15-11-6-2-5-10(7-11)14-8-9-3-1-4-9/h2,5-7,9,14H,1,3-4,8H2,(H3,13,15,16). The molecule has 1 aromatic rings. The molecule has 0 heterocycles. The van der Waals surface area contributed by atoms with Gasteiger partial charge in [0, 0.05) is 17.9 Å². The molecule has 2 rings (SSSR count). The lowest BCUT2D eigenvalue weighted by atomic mass is 9.85. The summed E-state index contributed by atoms with van der Waals surface area (Å²) < 4.78 is 0. The second kappa shape index (κ2) is 4.88. The van der Waals surface area contributed by atoms with Crippen molar-refractivity contribution in [3.05, 3.63) is 24.3 Å². The highest BCUT2D eigenvalue weighted by Gasteiger charge is 2.16. The summed E-state index contributed by atoms with van der Waals surface area (Å²) in [7, 11) is 0. The van der Waals surface area contributed by atoms with Crippen LogP contribution >= 0.6 is 0 Å². The third kappa shape index (κ3) is 2.89. The van der Waals surface area contributed by atoms with E-state index in [2.05, 4.69) is 10.6 Å². The molecule has 1 aliphatic rings. The lowest BCUT2D eigenvalue weighted by Gasteiger charge is -2.25. The van der Waals surface area contributed by atoms with Crippen LogP contribution in [-0.2, 0) is 0 Å². The Bertz CT molecular complexity index is 374. The molecule has 1 fully saturated rings. The fourth-order valence-corrected chi connectivity index (χ4v) is 1.81. The van der Waals surface area contributed by atoms with Crippen LogP contribution in [-0.4, -0.2) is 12.6 Å². The smallest absolute Gasteiger partial charge is 0.316 e. The molecule has 4 nitrogen and oxygen atoms in total. The van der Waals surface area contributed by atoms with E-state index in [0.29, 0.717) is 0 Å². The van der Waals surface area contributed by atoms with Crippen LogP contribution < -0.4 is 16.4 Å². The summed E-state index contributed by atoms with van der Waals surface area (Å²) in [5.74, 6) is 0.813. The number of rotatable bonds is 4. The summed E-state index contributed by atoms with van der Waals surface area (Å²) in [6.45, 7) is 1.01. The maximum absolute atomic E-state index is 10.7. The van der Waals surface area contributed by atoms with Crippen LogP contribution in [0.15, 0.2) is 24.3 Å². The molecule has 86 valence electrons. The Kier molecular flexibility index (Phi) is 3.29. The normalized spacial score (nSPS) is 15.2. The summed E-state index contributed by atoms with van der Waals surface area (Å²) in [6.07, 6.45) is 4.01. The highest BCUT2D eigenvalue weighted by atomic mass is 16.2. The van der Waals surface area contributed by atoms with E-state index in [-0.39, 0.29) is 0 Å². The molecule has 0 bridgehead atoms. The molecule has 0 aromatic heterocycles. The summed E-state index contributed by atoms with van der Waals surface area (Å²) in [5.41, 5.74) is 6.81. The number of primary amides is 1. The van der Waals surface area contributed by atoms with E-state index in [0.717, 1.165) is 23.8 Å². The SMILES string of the molecule is NC(=O)Nc1cccc(NCC2CCC2)c1. The van der Waals surface area contributed by atoms with Gasteiger partial charge in [-0.2, -0.15) is 0 Å². The van der Waals surface area contributed by atoms with Gasteiger partial charge in [-0.1, -0.05) is 12.5 Å². The van der Waals surface area contributed by atoms with E-state index in [1.807, 2.05) is 24.3 Å². The Morgan fingerprint density at radius 1 is 1.38 bits per heavy atom. The zero-order valence-corrected chi connectivity index (χ0v) is 9.20. The van der Waals surface area contributed by atoms with Crippen LogP contribution in [0.5, 0.6) is 0 Å². The topological polar surface area (TPSA) is 67.2 Å². The third-order valence-corrected chi connectivity index (χ3v) is 2.95. The molecule has 0 atom stereocenters. The molecule has 4 N–H and O–H groups in total. The molecule has 0 saturated heterocycles. The van der Waals surface area contributed by atoms with Gasteiger partial charge in [0.1, 0.15) is 0 Å². The number of nitrogens with two attached hydrogens (primary N) is 1. The molecule has 0 radical (unpaired) electrons. The van der Waals surface area contributed by atoms with E-state index in [4.69, 9.17) is 5.73 Å². The van der Waals surface area contributed by atoms with Crippen molar-refractivity contribution < 1.29 is 4.79 Å². The maximum atomic E-state index is 10.7. The Hall–Kier alpha value is -1.71. The minimum Gasteiger partial charge on any atom is -0.385 e. The van der Waals surface area contributed by atoms with E-state index >= 15 is 0 Å². The van der Waals surface area contributed by atoms with Crippen molar-refractivity contribution in [2.45, 2.75) is 19.3 Å².